The second kappa shape index (κ2) is 3.78. The normalized spacial score (nSPS) is 33.1. The molecule has 1 saturated carbocycles. The third-order valence-electron chi connectivity index (χ3n) is 4.24. The Kier molecular flexibility index (Phi) is 2.75. The predicted molar refractivity (Wildman–Crippen MR) is 60.3 cm³/mol. The Balaban J connectivity index is 2.02. The number of nitrogens with two attached hydrogens (primary N) is 1. The minimum atomic E-state index is 0.0255. The van der Waals surface area contributed by atoms with Gasteiger partial charge in [-0.1, -0.05) is 6.92 Å². The van der Waals surface area contributed by atoms with Crippen molar-refractivity contribution in [3.8, 4) is 0 Å². The van der Waals surface area contributed by atoms with E-state index in [1.165, 1.54) is 0 Å². The van der Waals surface area contributed by atoms with Gasteiger partial charge in [0.2, 0.25) is 5.91 Å². The van der Waals surface area contributed by atoms with Crippen molar-refractivity contribution < 1.29 is 4.79 Å². The van der Waals surface area contributed by atoms with Crippen LogP contribution in [-0.4, -0.2) is 29.9 Å². The van der Waals surface area contributed by atoms with Crippen LogP contribution >= 0.6 is 0 Å². The molecule has 2 fully saturated rings. The van der Waals surface area contributed by atoms with Crippen LogP contribution in [0.5, 0.6) is 0 Å². The van der Waals surface area contributed by atoms with Gasteiger partial charge in [-0.3, -0.25) is 4.79 Å². The number of hydrogen-bond donors (Lipinski definition) is 1. The van der Waals surface area contributed by atoms with Crippen molar-refractivity contribution in [1.82, 2.24) is 4.90 Å². The number of carbonyl (C=O) groups excluding carboxylic acids is 1. The summed E-state index contributed by atoms with van der Waals surface area (Å²) in [5.41, 5.74) is 5.70. The lowest BCUT2D eigenvalue weighted by Crippen LogP contribution is -2.39. The topological polar surface area (TPSA) is 46.3 Å². The van der Waals surface area contributed by atoms with Crippen molar-refractivity contribution in [1.29, 1.82) is 0 Å². The van der Waals surface area contributed by atoms with E-state index in [1.807, 2.05) is 0 Å². The molecule has 0 aromatic carbocycles. The molecule has 3 heteroatoms. The molecule has 0 aromatic heterocycles. The van der Waals surface area contributed by atoms with Gasteiger partial charge in [-0.25, -0.2) is 0 Å². The molecule has 86 valence electrons. The Hall–Kier alpha value is -0.570. The zero-order valence-corrected chi connectivity index (χ0v) is 9.83. The molecule has 2 unspecified atom stereocenters. The van der Waals surface area contributed by atoms with Gasteiger partial charge in [0, 0.05) is 18.0 Å². The van der Waals surface area contributed by atoms with Gasteiger partial charge in [0.05, 0.1) is 0 Å². The van der Waals surface area contributed by atoms with Gasteiger partial charge in [0.15, 0.2) is 0 Å². The molecule has 1 heterocycles. The van der Waals surface area contributed by atoms with Crippen LogP contribution in [0.15, 0.2) is 0 Å². The fourth-order valence-electron chi connectivity index (χ4n) is 2.77. The maximum Gasteiger partial charge on any atom is 0.229 e. The van der Waals surface area contributed by atoms with Crippen LogP contribution in [0.2, 0.25) is 0 Å². The highest BCUT2D eigenvalue weighted by Gasteiger charge is 2.51. The molecular formula is C12H22N2O. The maximum atomic E-state index is 12.3. The van der Waals surface area contributed by atoms with Crippen LogP contribution in [-0.2, 0) is 4.79 Å². The summed E-state index contributed by atoms with van der Waals surface area (Å²) in [4.78, 5) is 14.4. The summed E-state index contributed by atoms with van der Waals surface area (Å²) in [5, 5.41) is 0. The molecule has 2 aliphatic rings. The van der Waals surface area contributed by atoms with Crippen LogP contribution in [0.4, 0.5) is 0 Å². The highest BCUT2D eigenvalue weighted by molar-refractivity contribution is 5.85. The molecule has 1 aliphatic heterocycles. The molecule has 0 aromatic rings. The van der Waals surface area contributed by atoms with Gasteiger partial charge in [0.25, 0.3) is 0 Å². The summed E-state index contributed by atoms with van der Waals surface area (Å²) >= 11 is 0. The first kappa shape index (κ1) is 10.9. The van der Waals surface area contributed by atoms with Crippen LogP contribution in [0.25, 0.3) is 0 Å². The van der Waals surface area contributed by atoms with E-state index in [1.54, 1.807) is 0 Å². The van der Waals surface area contributed by atoms with Crippen LogP contribution in [0.1, 0.15) is 39.5 Å². The zero-order chi connectivity index (χ0) is 11.1. The molecule has 1 aliphatic carbocycles. The Labute approximate surface area is 92.0 Å². The van der Waals surface area contributed by atoms with Crippen LogP contribution in [0.3, 0.4) is 0 Å². The maximum absolute atomic E-state index is 12.3. The second-order valence-corrected chi connectivity index (χ2v) is 5.28. The summed E-state index contributed by atoms with van der Waals surface area (Å²) in [5.74, 6) is 0.921. The lowest BCUT2D eigenvalue weighted by Gasteiger charge is -2.26. The minimum absolute atomic E-state index is 0.0255. The lowest BCUT2D eigenvalue weighted by atomic mass is 10.0. The number of likely N-dealkylation sites (tertiary alicyclic amines) is 1. The summed E-state index contributed by atoms with van der Waals surface area (Å²) in [6, 6.07) is 0.398. The van der Waals surface area contributed by atoms with Gasteiger partial charge in [0.1, 0.15) is 0 Å². The second-order valence-electron chi connectivity index (χ2n) is 5.28. The van der Waals surface area contributed by atoms with Crippen molar-refractivity contribution in [3.05, 3.63) is 0 Å². The molecule has 2 atom stereocenters. The summed E-state index contributed by atoms with van der Waals surface area (Å²) in [6.45, 7) is 5.89. The number of rotatable bonds is 3. The average Bonchev–Trinajstić information content (AvgIpc) is 2.96. The first-order valence-corrected chi connectivity index (χ1v) is 6.14. The number of carbonyl (C=O) groups is 1. The quantitative estimate of drug-likeness (QED) is 0.764. The third-order valence-corrected chi connectivity index (χ3v) is 4.24. The standard InChI is InChI=1S/C12H22N2O/c1-3-12(4-5-12)11(15)14-8-10(7-13)6-9(14)2/h9-10H,3-8,13H2,1-2H3. The highest BCUT2D eigenvalue weighted by Crippen LogP contribution is 2.51. The molecular weight excluding hydrogens is 188 g/mol. The van der Waals surface area contributed by atoms with Gasteiger partial charge in [-0.15, -0.1) is 0 Å². The number of nitrogens with zero attached hydrogens (tertiary/aromatic N) is 1. The van der Waals surface area contributed by atoms with E-state index in [2.05, 4.69) is 18.7 Å². The third kappa shape index (κ3) is 1.78. The van der Waals surface area contributed by atoms with Crippen molar-refractivity contribution in [2.75, 3.05) is 13.1 Å². The number of amides is 1. The van der Waals surface area contributed by atoms with E-state index < -0.39 is 0 Å². The smallest absolute Gasteiger partial charge is 0.229 e. The van der Waals surface area contributed by atoms with Crippen LogP contribution < -0.4 is 5.73 Å². The van der Waals surface area contributed by atoms with Gasteiger partial charge in [-0.2, -0.15) is 0 Å². The van der Waals surface area contributed by atoms with E-state index in [0.29, 0.717) is 24.4 Å². The molecule has 1 amide bonds. The molecule has 15 heavy (non-hydrogen) atoms. The SMILES string of the molecule is CCC1(C(=O)N2CC(CN)CC2C)CC1. The molecule has 1 saturated heterocycles. The lowest BCUT2D eigenvalue weighted by molar-refractivity contribution is -0.137. The van der Waals surface area contributed by atoms with Crippen molar-refractivity contribution in [2.24, 2.45) is 17.1 Å². The summed E-state index contributed by atoms with van der Waals surface area (Å²) in [7, 11) is 0. The van der Waals surface area contributed by atoms with Crippen molar-refractivity contribution in [3.63, 3.8) is 0 Å². The minimum Gasteiger partial charge on any atom is -0.339 e. The molecule has 0 radical (unpaired) electrons. The Morgan fingerprint density at radius 1 is 1.53 bits per heavy atom. The van der Waals surface area contributed by atoms with E-state index in [-0.39, 0.29) is 5.41 Å². The Morgan fingerprint density at radius 3 is 2.60 bits per heavy atom. The van der Waals surface area contributed by atoms with Gasteiger partial charge < -0.3 is 10.6 Å². The molecule has 0 bridgehead atoms. The predicted octanol–water partition coefficient (Wildman–Crippen LogP) is 1.37. The number of hydrogen-bond acceptors (Lipinski definition) is 2. The Morgan fingerprint density at radius 2 is 2.20 bits per heavy atom. The first-order chi connectivity index (χ1) is 7.13. The van der Waals surface area contributed by atoms with Crippen molar-refractivity contribution in [2.45, 2.75) is 45.6 Å². The van der Waals surface area contributed by atoms with Crippen LogP contribution in [0, 0.1) is 11.3 Å². The molecule has 0 spiro atoms. The van der Waals surface area contributed by atoms with E-state index in [0.717, 1.165) is 32.2 Å². The largest absolute Gasteiger partial charge is 0.339 e. The fraction of sp³-hybridized carbons (Fsp3) is 0.917. The van der Waals surface area contributed by atoms with Crippen molar-refractivity contribution >= 4 is 5.91 Å². The highest BCUT2D eigenvalue weighted by atomic mass is 16.2. The summed E-state index contributed by atoms with van der Waals surface area (Å²) < 4.78 is 0. The van der Waals surface area contributed by atoms with Gasteiger partial charge in [-0.05, 0) is 45.1 Å². The average molecular weight is 210 g/mol. The molecule has 3 nitrogen and oxygen atoms in total. The summed E-state index contributed by atoms with van der Waals surface area (Å²) in [6.07, 6.45) is 4.28. The first-order valence-electron chi connectivity index (χ1n) is 6.14. The van der Waals surface area contributed by atoms with E-state index >= 15 is 0 Å². The van der Waals surface area contributed by atoms with Gasteiger partial charge >= 0.3 is 0 Å². The van der Waals surface area contributed by atoms with E-state index in [4.69, 9.17) is 5.73 Å². The zero-order valence-electron chi connectivity index (χ0n) is 9.83. The fourth-order valence-corrected chi connectivity index (χ4v) is 2.77. The van der Waals surface area contributed by atoms with E-state index in [9.17, 15) is 4.79 Å². The Bertz CT molecular complexity index is 260. The monoisotopic (exact) mass is 210 g/mol. The molecule has 2 N–H and O–H groups in total. The molecule has 2 rings (SSSR count).